The molecule has 1 unspecified atom stereocenters. The number of nitrogens with zero attached hydrogens (tertiary/aromatic N) is 4. The van der Waals surface area contributed by atoms with Gasteiger partial charge in [-0.15, -0.1) is 16.9 Å². The standard InChI is InChI=1S/C16H24N6O3S/c23-7-3-13-11-22(6-5-21(13)12-14-2-1-8-25-14)16(24)17-4-9-26-15-10-18-20-19-15/h1-2,8,10,13,23H,3-7,9,11-12H2,(H,17,24)(H,18,19,20). The van der Waals surface area contributed by atoms with Crippen LogP contribution in [0.2, 0.25) is 0 Å². The van der Waals surface area contributed by atoms with E-state index in [9.17, 15) is 9.90 Å². The number of piperazine rings is 1. The molecule has 3 N–H and O–H groups in total. The van der Waals surface area contributed by atoms with Crippen LogP contribution in [0.1, 0.15) is 12.2 Å². The Morgan fingerprint density at radius 1 is 1.50 bits per heavy atom. The molecule has 26 heavy (non-hydrogen) atoms. The molecule has 2 aromatic rings. The maximum atomic E-state index is 12.4. The average molecular weight is 380 g/mol. The first-order chi connectivity index (χ1) is 12.8. The van der Waals surface area contributed by atoms with Crippen LogP contribution in [0.5, 0.6) is 0 Å². The number of aromatic nitrogens is 3. The maximum Gasteiger partial charge on any atom is 0.317 e. The molecule has 1 atom stereocenters. The third-order valence-corrected chi connectivity index (χ3v) is 5.22. The Bertz CT molecular complexity index is 651. The molecule has 10 heteroatoms. The van der Waals surface area contributed by atoms with E-state index in [0.717, 1.165) is 23.1 Å². The van der Waals surface area contributed by atoms with Gasteiger partial charge in [0.05, 0.1) is 19.0 Å². The van der Waals surface area contributed by atoms with Crippen molar-refractivity contribution in [2.75, 3.05) is 38.5 Å². The molecule has 0 spiro atoms. The smallest absolute Gasteiger partial charge is 0.317 e. The molecule has 9 nitrogen and oxygen atoms in total. The molecule has 142 valence electrons. The number of aromatic amines is 1. The summed E-state index contributed by atoms with van der Waals surface area (Å²) < 4.78 is 5.42. The lowest BCUT2D eigenvalue weighted by Crippen LogP contribution is -2.56. The van der Waals surface area contributed by atoms with Gasteiger partial charge in [-0.1, -0.05) is 0 Å². The van der Waals surface area contributed by atoms with Crippen molar-refractivity contribution in [1.29, 1.82) is 0 Å². The second-order valence-corrected chi connectivity index (χ2v) is 7.17. The molecule has 1 aliphatic heterocycles. The van der Waals surface area contributed by atoms with Crippen LogP contribution in [0.15, 0.2) is 34.0 Å². The van der Waals surface area contributed by atoms with Crippen molar-refractivity contribution >= 4 is 17.8 Å². The van der Waals surface area contributed by atoms with Gasteiger partial charge in [0.2, 0.25) is 0 Å². The fourth-order valence-electron chi connectivity index (χ4n) is 3.00. The summed E-state index contributed by atoms with van der Waals surface area (Å²) in [6, 6.07) is 3.87. The normalized spacial score (nSPS) is 18.2. The van der Waals surface area contributed by atoms with Crippen LogP contribution in [-0.2, 0) is 6.54 Å². The van der Waals surface area contributed by atoms with Gasteiger partial charge in [-0.3, -0.25) is 4.90 Å². The average Bonchev–Trinajstić information content (AvgIpc) is 3.34. The summed E-state index contributed by atoms with van der Waals surface area (Å²) in [4.78, 5) is 16.5. The van der Waals surface area contributed by atoms with Gasteiger partial charge >= 0.3 is 6.03 Å². The zero-order valence-electron chi connectivity index (χ0n) is 14.5. The lowest BCUT2D eigenvalue weighted by Gasteiger charge is -2.41. The second-order valence-electron chi connectivity index (χ2n) is 6.05. The van der Waals surface area contributed by atoms with E-state index in [-0.39, 0.29) is 18.7 Å². The highest BCUT2D eigenvalue weighted by atomic mass is 32.2. The van der Waals surface area contributed by atoms with Crippen molar-refractivity contribution in [2.24, 2.45) is 0 Å². The van der Waals surface area contributed by atoms with E-state index in [4.69, 9.17) is 4.42 Å². The molecular formula is C16H24N6O3S. The molecule has 0 radical (unpaired) electrons. The predicted molar refractivity (Wildman–Crippen MR) is 96.7 cm³/mol. The lowest BCUT2D eigenvalue weighted by atomic mass is 10.1. The first-order valence-electron chi connectivity index (χ1n) is 8.65. The number of carbonyl (C=O) groups excluding carboxylic acids is 1. The summed E-state index contributed by atoms with van der Waals surface area (Å²) >= 11 is 1.54. The fourth-order valence-corrected chi connectivity index (χ4v) is 3.64. The lowest BCUT2D eigenvalue weighted by molar-refractivity contribution is 0.0637. The molecule has 2 aromatic heterocycles. The minimum atomic E-state index is -0.0636. The SMILES string of the molecule is O=C(NCCSc1cn[nH]n1)N1CCN(Cc2ccco2)C(CCO)C1. The van der Waals surface area contributed by atoms with Gasteiger partial charge in [0.15, 0.2) is 0 Å². The van der Waals surface area contributed by atoms with Gasteiger partial charge < -0.3 is 19.7 Å². The number of amides is 2. The molecule has 0 saturated carbocycles. The highest BCUT2D eigenvalue weighted by Gasteiger charge is 2.29. The molecular weight excluding hydrogens is 356 g/mol. The Kier molecular flexibility index (Phi) is 6.92. The number of thioether (sulfide) groups is 1. The van der Waals surface area contributed by atoms with Gasteiger partial charge in [0.1, 0.15) is 10.8 Å². The minimum absolute atomic E-state index is 0.0636. The molecule has 3 rings (SSSR count). The fraction of sp³-hybridized carbons (Fsp3) is 0.562. The molecule has 0 aliphatic carbocycles. The van der Waals surface area contributed by atoms with Gasteiger partial charge in [0, 0.05) is 44.6 Å². The van der Waals surface area contributed by atoms with Crippen molar-refractivity contribution in [3.8, 4) is 0 Å². The van der Waals surface area contributed by atoms with Crippen molar-refractivity contribution in [3.63, 3.8) is 0 Å². The Labute approximate surface area is 156 Å². The number of H-pyrrole nitrogens is 1. The zero-order chi connectivity index (χ0) is 18.2. The largest absolute Gasteiger partial charge is 0.468 e. The summed E-state index contributed by atoms with van der Waals surface area (Å²) in [5.74, 6) is 1.63. The Morgan fingerprint density at radius 3 is 3.15 bits per heavy atom. The molecule has 2 amide bonds. The highest BCUT2D eigenvalue weighted by Crippen LogP contribution is 2.17. The number of hydrogen-bond acceptors (Lipinski definition) is 7. The third-order valence-electron chi connectivity index (χ3n) is 4.31. The van der Waals surface area contributed by atoms with E-state index in [2.05, 4.69) is 25.6 Å². The first kappa shape index (κ1) is 18.7. The number of rotatable bonds is 8. The number of carbonyl (C=O) groups is 1. The Morgan fingerprint density at radius 2 is 2.42 bits per heavy atom. The maximum absolute atomic E-state index is 12.4. The molecule has 1 fully saturated rings. The number of nitrogens with one attached hydrogen (secondary N) is 2. The van der Waals surface area contributed by atoms with E-state index < -0.39 is 0 Å². The topological polar surface area (TPSA) is 111 Å². The molecule has 3 heterocycles. The van der Waals surface area contributed by atoms with Crippen LogP contribution in [0.3, 0.4) is 0 Å². The second kappa shape index (κ2) is 9.60. The van der Waals surface area contributed by atoms with Crippen molar-refractivity contribution < 1.29 is 14.3 Å². The van der Waals surface area contributed by atoms with Crippen molar-refractivity contribution in [3.05, 3.63) is 30.4 Å². The zero-order valence-corrected chi connectivity index (χ0v) is 15.3. The number of furan rings is 1. The summed E-state index contributed by atoms with van der Waals surface area (Å²) in [6.45, 7) is 3.37. The minimum Gasteiger partial charge on any atom is -0.468 e. The van der Waals surface area contributed by atoms with Gasteiger partial charge in [-0.2, -0.15) is 10.3 Å². The number of aliphatic hydroxyl groups is 1. The molecule has 1 aliphatic rings. The Hall–Kier alpha value is -2.04. The van der Waals surface area contributed by atoms with E-state index in [1.807, 2.05) is 17.0 Å². The van der Waals surface area contributed by atoms with Gasteiger partial charge in [-0.05, 0) is 18.6 Å². The number of hydrogen-bond donors (Lipinski definition) is 3. The van der Waals surface area contributed by atoms with Gasteiger partial charge in [-0.25, -0.2) is 4.79 Å². The summed E-state index contributed by atoms with van der Waals surface area (Å²) in [6.07, 6.45) is 3.95. The van der Waals surface area contributed by atoms with E-state index in [1.165, 1.54) is 11.8 Å². The molecule has 1 saturated heterocycles. The summed E-state index contributed by atoms with van der Waals surface area (Å²) in [5, 5.41) is 23.4. The van der Waals surface area contributed by atoms with Crippen LogP contribution in [0, 0.1) is 0 Å². The summed E-state index contributed by atoms with van der Waals surface area (Å²) in [7, 11) is 0. The van der Waals surface area contributed by atoms with Crippen LogP contribution in [0.25, 0.3) is 0 Å². The number of urea groups is 1. The predicted octanol–water partition coefficient (Wildman–Crippen LogP) is 0.768. The van der Waals surface area contributed by atoms with Crippen LogP contribution >= 0.6 is 11.8 Å². The Balaban J connectivity index is 1.44. The third kappa shape index (κ3) is 5.23. The first-order valence-corrected chi connectivity index (χ1v) is 9.63. The monoisotopic (exact) mass is 380 g/mol. The van der Waals surface area contributed by atoms with Crippen LogP contribution in [0.4, 0.5) is 4.79 Å². The quantitative estimate of drug-likeness (QED) is 0.458. The summed E-state index contributed by atoms with van der Waals surface area (Å²) in [5.41, 5.74) is 0. The molecule has 0 aromatic carbocycles. The van der Waals surface area contributed by atoms with E-state index in [0.29, 0.717) is 32.6 Å². The van der Waals surface area contributed by atoms with Crippen LogP contribution < -0.4 is 5.32 Å². The van der Waals surface area contributed by atoms with Crippen molar-refractivity contribution in [2.45, 2.75) is 24.0 Å². The van der Waals surface area contributed by atoms with E-state index >= 15 is 0 Å². The van der Waals surface area contributed by atoms with Crippen molar-refractivity contribution in [1.82, 2.24) is 30.5 Å². The molecule has 0 bridgehead atoms. The highest BCUT2D eigenvalue weighted by molar-refractivity contribution is 7.99. The van der Waals surface area contributed by atoms with E-state index in [1.54, 1.807) is 12.5 Å². The van der Waals surface area contributed by atoms with Gasteiger partial charge in [0.25, 0.3) is 0 Å². The van der Waals surface area contributed by atoms with Crippen LogP contribution in [-0.4, -0.2) is 80.9 Å². The number of aliphatic hydroxyl groups excluding tert-OH is 1.